The number of carbonyl (C=O) groups excluding carboxylic acids is 2. The Bertz CT molecular complexity index is 1080. The standard InChI is InChI=1S/C21H18N2O4/c1-26-20(24)12-3-5-18-16(8-12)14(10-22-18)7-15-11-23-19-6-4-13(9-17(15)19)21(25)27-2/h3-6,8-11,22-23H,7H2,1-2H3. The van der Waals surface area contributed by atoms with Gasteiger partial charge in [-0.25, -0.2) is 9.59 Å². The molecule has 0 amide bonds. The number of aromatic nitrogens is 2. The number of H-pyrrole nitrogens is 2. The molecule has 6 heteroatoms. The Morgan fingerprint density at radius 1 is 0.778 bits per heavy atom. The van der Waals surface area contributed by atoms with Crippen LogP contribution in [-0.4, -0.2) is 36.1 Å². The average molecular weight is 362 g/mol. The fraction of sp³-hybridized carbons (Fsp3) is 0.143. The van der Waals surface area contributed by atoms with Crippen LogP contribution in [0.3, 0.4) is 0 Å². The minimum atomic E-state index is -0.362. The maximum absolute atomic E-state index is 11.8. The largest absolute Gasteiger partial charge is 0.465 e. The van der Waals surface area contributed by atoms with Gasteiger partial charge in [-0.05, 0) is 47.5 Å². The Morgan fingerprint density at radius 2 is 1.22 bits per heavy atom. The molecule has 0 unspecified atom stereocenters. The lowest BCUT2D eigenvalue weighted by molar-refractivity contribution is 0.0592. The first-order chi connectivity index (χ1) is 13.1. The maximum atomic E-state index is 11.8. The summed E-state index contributed by atoms with van der Waals surface area (Å²) in [6.07, 6.45) is 4.53. The number of aromatic amines is 2. The first-order valence-corrected chi connectivity index (χ1v) is 8.47. The molecule has 6 nitrogen and oxygen atoms in total. The van der Waals surface area contributed by atoms with Gasteiger partial charge < -0.3 is 19.4 Å². The van der Waals surface area contributed by atoms with Crippen molar-refractivity contribution in [3.05, 3.63) is 71.0 Å². The monoisotopic (exact) mass is 362 g/mol. The van der Waals surface area contributed by atoms with E-state index in [-0.39, 0.29) is 11.9 Å². The number of hydrogen-bond donors (Lipinski definition) is 2. The number of carbonyl (C=O) groups is 2. The van der Waals surface area contributed by atoms with Crippen LogP contribution in [0.5, 0.6) is 0 Å². The first kappa shape index (κ1) is 16.9. The van der Waals surface area contributed by atoms with E-state index in [0.717, 1.165) is 32.9 Å². The van der Waals surface area contributed by atoms with Gasteiger partial charge in [-0.2, -0.15) is 0 Å². The zero-order chi connectivity index (χ0) is 19.0. The molecule has 0 aliphatic rings. The molecule has 0 saturated heterocycles. The van der Waals surface area contributed by atoms with Crippen LogP contribution < -0.4 is 0 Å². The number of benzene rings is 2. The second kappa shape index (κ2) is 6.64. The third-order valence-electron chi connectivity index (χ3n) is 4.76. The van der Waals surface area contributed by atoms with E-state index < -0.39 is 0 Å². The van der Waals surface area contributed by atoms with Crippen molar-refractivity contribution in [3.8, 4) is 0 Å². The van der Waals surface area contributed by atoms with Crippen molar-refractivity contribution >= 4 is 33.7 Å². The summed E-state index contributed by atoms with van der Waals surface area (Å²) in [6, 6.07) is 10.9. The molecule has 2 aromatic heterocycles. The van der Waals surface area contributed by atoms with Gasteiger partial charge in [0.25, 0.3) is 0 Å². The molecule has 4 aromatic rings. The van der Waals surface area contributed by atoms with Crippen molar-refractivity contribution in [1.29, 1.82) is 0 Å². The number of esters is 2. The Balaban J connectivity index is 1.75. The van der Waals surface area contributed by atoms with Crippen molar-refractivity contribution in [3.63, 3.8) is 0 Å². The highest BCUT2D eigenvalue weighted by molar-refractivity contribution is 5.97. The summed E-state index contributed by atoms with van der Waals surface area (Å²) in [5.41, 5.74) is 5.04. The molecule has 0 saturated carbocycles. The molecule has 2 aromatic carbocycles. The predicted molar refractivity (Wildman–Crippen MR) is 102 cm³/mol. The van der Waals surface area contributed by atoms with E-state index in [1.807, 2.05) is 36.7 Å². The smallest absolute Gasteiger partial charge is 0.337 e. The van der Waals surface area contributed by atoms with Gasteiger partial charge in [0, 0.05) is 40.6 Å². The second-order valence-electron chi connectivity index (χ2n) is 6.31. The summed E-state index contributed by atoms with van der Waals surface area (Å²) in [4.78, 5) is 30.1. The molecule has 136 valence electrons. The molecule has 0 bridgehead atoms. The van der Waals surface area contributed by atoms with E-state index in [1.165, 1.54) is 14.2 Å². The third-order valence-corrected chi connectivity index (χ3v) is 4.76. The topological polar surface area (TPSA) is 84.2 Å². The van der Waals surface area contributed by atoms with E-state index >= 15 is 0 Å². The number of rotatable bonds is 4. The molecule has 4 rings (SSSR count). The van der Waals surface area contributed by atoms with Crippen LogP contribution >= 0.6 is 0 Å². The minimum absolute atomic E-state index is 0.362. The number of hydrogen-bond acceptors (Lipinski definition) is 4. The zero-order valence-corrected chi connectivity index (χ0v) is 15.0. The molecule has 0 radical (unpaired) electrons. The molecule has 0 fully saturated rings. The van der Waals surface area contributed by atoms with E-state index in [2.05, 4.69) is 9.97 Å². The summed E-state index contributed by atoms with van der Waals surface area (Å²) in [5, 5.41) is 1.94. The third kappa shape index (κ3) is 2.95. The first-order valence-electron chi connectivity index (χ1n) is 8.47. The number of methoxy groups -OCH3 is 2. The molecule has 2 N–H and O–H groups in total. The summed E-state index contributed by atoms with van der Waals surface area (Å²) in [7, 11) is 2.74. The number of ether oxygens (including phenoxy) is 2. The van der Waals surface area contributed by atoms with E-state index in [0.29, 0.717) is 17.5 Å². The molecule has 0 aliphatic carbocycles. The molecule has 27 heavy (non-hydrogen) atoms. The molecule has 2 heterocycles. The zero-order valence-electron chi connectivity index (χ0n) is 15.0. The van der Waals surface area contributed by atoms with E-state index in [1.54, 1.807) is 12.1 Å². The molecular weight excluding hydrogens is 344 g/mol. The summed E-state index contributed by atoms with van der Waals surface area (Å²) >= 11 is 0. The van der Waals surface area contributed by atoms with Gasteiger partial charge in [0.05, 0.1) is 25.3 Å². The highest BCUT2D eigenvalue weighted by Gasteiger charge is 2.13. The predicted octanol–water partition coefficient (Wildman–Crippen LogP) is 3.81. The van der Waals surface area contributed by atoms with Crippen molar-refractivity contribution < 1.29 is 19.1 Å². The Hall–Kier alpha value is -3.54. The Kier molecular flexibility index (Phi) is 4.16. The lowest BCUT2D eigenvalue weighted by Crippen LogP contribution is -2.01. The number of fused-ring (bicyclic) bond motifs is 2. The quantitative estimate of drug-likeness (QED) is 0.541. The Labute approximate surface area is 155 Å². The van der Waals surface area contributed by atoms with Gasteiger partial charge in [-0.1, -0.05) is 0 Å². The van der Waals surface area contributed by atoms with Crippen LogP contribution in [0.15, 0.2) is 48.8 Å². The van der Waals surface area contributed by atoms with E-state index in [4.69, 9.17) is 9.47 Å². The van der Waals surface area contributed by atoms with Gasteiger partial charge >= 0.3 is 11.9 Å². The minimum Gasteiger partial charge on any atom is -0.465 e. The van der Waals surface area contributed by atoms with Gasteiger partial charge in [-0.15, -0.1) is 0 Å². The van der Waals surface area contributed by atoms with Crippen molar-refractivity contribution in [2.24, 2.45) is 0 Å². The van der Waals surface area contributed by atoms with Gasteiger partial charge in [-0.3, -0.25) is 0 Å². The van der Waals surface area contributed by atoms with Crippen LogP contribution in [0.1, 0.15) is 31.8 Å². The van der Waals surface area contributed by atoms with Crippen LogP contribution in [0.25, 0.3) is 21.8 Å². The van der Waals surface area contributed by atoms with Crippen molar-refractivity contribution in [1.82, 2.24) is 9.97 Å². The highest BCUT2D eigenvalue weighted by atomic mass is 16.5. The van der Waals surface area contributed by atoms with Gasteiger partial charge in [0.1, 0.15) is 0 Å². The summed E-state index contributed by atoms with van der Waals surface area (Å²) < 4.78 is 9.63. The Morgan fingerprint density at radius 3 is 1.63 bits per heavy atom. The number of nitrogens with one attached hydrogen (secondary N) is 2. The molecule has 0 atom stereocenters. The van der Waals surface area contributed by atoms with Crippen LogP contribution in [-0.2, 0) is 15.9 Å². The lowest BCUT2D eigenvalue weighted by Gasteiger charge is -2.03. The fourth-order valence-electron chi connectivity index (χ4n) is 3.34. The SMILES string of the molecule is COC(=O)c1ccc2[nH]cc(Cc3c[nH]c4ccc(C(=O)OC)cc34)c2c1. The average Bonchev–Trinajstić information content (AvgIpc) is 3.30. The van der Waals surface area contributed by atoms with Crippen molar-refractivity contribution in [2.75, 3.05) is 14.2 Å². The second-order valence-corrected chi connectivity index (χ2v) is 6.31. The van der Waals surface area contributed by atoms with E-state index in [9.17, 15) is 9.59 Å². The van der Waals surface area contributed by atoms with Gasteiger partial charge in [0.15, 0.2) is 0 Å². The fourth-order valence-corrected chi connectivity index (χ4v) is 3.34. The van der Waals surface area contributed by atoms with Crippen molar-refractivity contribution in [2.45, 2.75) is 6.42 Å². The lowest BCUT2D eigenvalue weighted by atomic mass is 10.0. The molecule has 0 spiro atoms. The molecule has 0 aliphatic heterocycles. The normalized spacial score (nSPS) is 11.0. The van der Waals surface area contributed by atoms with Crippen LogP contribution in [0.2, 0.25) is 0 Å². The van der Waals surface area contributed by atoms with Crippen LogP contribution in [0.4, 0.5) is 0 Å². The molecular formula is C21H18N2O4. The summed E-state index contributed by atoms with van der Waals surface area (Å²) in [5.74, 6) is -0.724. The van der Waals surface area contributed by atoms with Crippen LogP contribution in [0, 0.1) is 0 Å². The maximum Gasteiger partial charge on any atom is 0.337 e. The highest BCUT2D eigenvalue weighted by Crippen LogP contribution is 2.27. The summed E-state index contributed by atoms with van der Waals surface area (Å²) in [6.45, 7) is 0. The van der Waals surface area contributed by atoms with Gasteiger partial charge in [0.2, 0.25) is 0 Å².